The summed E-state index contributed by atoms with van der Waals surface area (Å²) < 4.78 is 5.98. The van der Waals surface area contributed by atoms with E-state index in [0.717, 1.165) is 35.8 Å². The third kappa shape index (κ3) is 4.85. The lowest BCUT2D eigenvalue weighted by Crippen LogP contribution is -2.04. The average molecular weight is 363 g/mol. The molecule has 4 heteroatoms. The number of carboxylic acid groups (broad SMARTS) is 1. The lowest BCUT2D eigenvalue weighted by atomic mass is 10.0. The number of nitrogens with zero attached hydrogens (tertiary/aromatic N) is 1. The minimum atomic E-state index is -1.01. The Kier molecular flexibility index (Phi) is 6.42. The van der Waals surface area contributed by atoms with Gasteiger partial charge in [-0.25, -0.2) is 9.78 Å². The van der Waals surface area contributed by atoms with Crippen molar-refractivity contribution in [2.24, 2.45) is 0 Å². The van der Waals surface area contributed by atoms with E-state index in [4.69, 9.17) is 4.74 Å². The van der Waals surface area contributed by atoms with Crippen LogP contribution >= 0.6 is 0 Å². The number of carboxylic acids is 1. The second-order valence-corrected chi connectivity index (χ2v) is 6.71. The van der Waals surface area contributed by atoms with Crippen molar-refractivity contribution in [1.82, 2.24) is 4.98 Å². The van der Waals surface area contributed by atoms with Crippen molar-refractivity contribution in [2.75, 3.05) is 0 Å². The average Bonchev–Trinajstić information content (AvgIpc) is 2.70. The summed E-state index contributed by atoms with van der Waals surface area (Å²) >= 11 is 0. The number of fused-ring (bicyclic) bond motifs is 1. The zero-order chi connectivity index (χ0) is 19.1. The molecule has 0 aliphatic heterocycles. The second kappa shape index (κ2) is 9.17. The summed E-state index contributed by atoms with van der Waals surface area (Å²) in [6.07, 6.45) is 5.41. The molecule has 0 bridgehead atoms. The standard InChI is InChI=1S/C23H25NO3/c1-2-3-4-8-12-18-15-20(23(25)26)24-22-19(18)13-9-14-21(22)27-16-17-10-6-5-7-11-17/h5-7,9-11,13-15H,2-4,8,12,16H2,1H3,(H,25,26). The number of carbonyl (C=O) groups is 1. The van der Waals surface area contributed by atoms with E-state index in [2.05, 4.69) is 11.9 Å². The van der Waals surface area contributed by atoms with Crippen LogP contribution in [0.1, 0.15) is 54.2 Å². The van der Waals surface area contributed by atoms with Crippen LogP contribution in [0.2, 0.25) is 0 Å². The van der Waals surface area contributed by atoms with Gasteiger partial charge < -0.3 is 9.84 Å². The summed E-state index contributed by atoms with van der Waals surface area (Å²) in [7, 11) is 0. The molecule has 0 amide bonds. The van der Waals surface area contributed by atoms with E-state index in [9.17, 15) is 9.90 Å². The molecule has 0 saturated heterocycles. The Morgan fingerprint density at radius 2 is 1.85 bits per heavy atom. The molecule has 0 spiro atoms. The predicted molar refractivity (Wildman–Crippen MR) is 107 cm³/mol. The highest BCUT2D eigenvalue weighted by Gasteiger charge is 2.14. The van der Waals surface area contributed by atoms with Crippen molar-refractivity contribution >= 4 is 16.9 Å². The topological polar surface area (TPSA) is 59.4 Å². The summed E-state index contributed by atoms with van der Waals surface area (Å²) in [4.78, 5) is 15.9. The summed E-state index contributed by atoms with van der Waals surface area (Å²) in [6, 6.07) is 17.4. The van der Waals surface area contributed by atoms with Crippen LogP contribution in [0.3, 0.4) is 0 Å². The summed E-state index contributed by atoms with van der Waals surface area (Å²) in [5.74, 6) is -0.390. The number of hydrogen-bond acceptors (Lipinski definition) is 3. The fraction of sp³-hybridized carbons (Fsp3) is 0.304. The number of hydrogen-bond donors (Lipinski definition) is 1. The number of aromatic carboxylic acids is 1. The molecule has 1 aromatic heterocycles. The summed E-state index contributed by atoms with van der Waals surface area (Å²) in [6.45, 7) is 2.60. The van der Waals surface area contributed by atoms with Crippen molar-refractivity contribution in [3.8, 4) is 5.75 Å². The monoisotopic (exact) mass is 363 g/mol. The normalized spacial score (nSPS) is 10.9. The maximum Gasteiger partial charge on any atom is 0.354 e. The maximum atomic E-state index is 11.6. The highest BCUT2D eigenvalue weighted by atomic mass is 16.5. The largest absolute Gasteiger partial charge is 0.487 e. The molecular weight excluding hydrogens is 338 g/mol. The number of pyridine rings is 1. The zero-order valence-electron chi connectivity index (χ0n) is 15.6. The molecule has 0 radical (unpaired) electrons. The van der Waals surface area contributed by atoms with E-state index in [0.29, 0.717) is 17.9 Å². The zero-order valence-corrected chi connectivity index (χ0v) is 15.6. The van der Waals surface area contributed by atoms with Crippen LogP contribution in [0.25, 0.3) is 10.9 Å². The molecule has 27 heavy (non-hydrogen) atoms. The van der Waals surface area contributed by atoms with Crippen LogP contribution in [-0.4, -0.2) is 16.1 Å². The Hall–Kier alpha value is -2.88. The van der Waals surface area contributed by atoms with E-state index in [1.165, 1.54) is 12.8 Å². The third-order valence-electron chi connectivity index (χ3n) is 4.64. The van der Waals surface area contributed by atoms with Gasteiger partial charge in [0, 0.05) is 5.39 Å². The van der Waals surface area contributed by atoms with E-state index >= 15 is 0 Å². The van der Waals surface area contributed by atoms with Gasteiger partial charge >= 0.3 is 5.97 Å². The van der Waals surface area contributed by atoms with E-state index in [1.54, 1.807) is 6.07 Å². The summed E-state index contributed by atoms with van der Waals surface area (Å²) in [5.41, 5.74) is 2.78. The molecule has 140 valence electrons. The maximum absolute atomic E-state index is 11.6. The molecule has 1 heterocycles. The number of aryl methyl sites for hydroxylation is 1. The fourth-order valence-electron chi connectivity index (χ4n) is 3.20. The molecule has 0 saturated carbocycles. The number of benzene rings is 2. The lowest BCUT2D eigenvalue weighted by molar-refractivity contribution is 0.0691. The summed E-state index contributed by atoms with van der Waals surface area (Å²) in [5, 5.41) is 10.4. The van der Waals surface area contributed by atoms with Gasteiger partial charge in [0.15, 0.2) is 0 Å². The van der Waals surface area contributed by atoms with E-state index in [-0.39, 0.29) is 5.69 Å². The van der Waals surface area contributed by atoms with Crippen LogP contribution in [0.4, 0.5) is 0 Å². The molecule has 1 N–H and O–H groups in total. The van der Waals surface area contributed by atoms with Gasteiger partial charge in [-0.1, -0.05) is 68.7 Å². The first-order chi connectivity index (χ1) is 13.2. The fourth-order valence-corrected chi connectivity index (χ4v) is 3.20. The SMILES string of the molecule is CCCCCCc1cc(C(=O)O)nc2c(OCc3ccccc3)cccc12. The van der Waals surface area contributed by atoms with Crippen molar-refractivity contribution in [1.29, 1.82) is 0 Å². The molecule has 3 aromatic rings. The van der Waals surface area contributed by atoms with E-state index < -0.39 is 5.97 Å². The molecule has 0 aliphatic rings. The molecule has 0 atom stereocenters. The molecule has 0 aliphatic carbocycles. The second-order valence-electron chi connectivity index (χ2n) is 6.71. The first-order valence-corrected chi connectivity index (χ1v) is 9.51. The van der Waals surface area contributed by atoms with Gasteiger partial charge in [0.2, 0.25) is 0 Å². The smallest absolute Gasteiger partial charge is 0.354 e. The van der Waals surface area contributed by atoms with Crippen molar-refractivity contribution in [3.63, 3.8) is 0 Å². The molecule has 0 fully saturated rings. The quantitative estimate of drug-likeness (QED) is 0.500. The molecule has 2 aromatic carbocycles. The first-order valence-electron chi connectivity index (χ1n) is 9.51. The van der Waals surface area contributed by atoms with Gasteiger partial charge in [-0.05, 0) is 36.1 Å². The van der Waals surface area contributed by atoms with Crippen LogP contribution in [0.5, 0.6) is 5.75 Å². The Balaban J connectivity index is 1.92. The highest BCUT2D eigenvalue weighted by molar-refractivity contribution is 5.93. The van der Waals surface area contributed by atoms with Crippen LogP contribution < -0.4 is 4.74 Å². The van der Waals surface area contributed by atoms with Crippen LogP contribution in [0.15, 0.2) is 54.6 Å². The van der Waals surface area contributed by atoms with Crippen LogP contribution in [0, 0.1) is 0 Å². The predicted octanol–water partition coefficient (Wildman–Crippen LogP) is 5.63. The van der Waals surface area contributed by atoms with Crippen molar-refractivity contribution in [3.05, 3.63) is 71.4 Å². The molecule has 0 unspecified atom stereocenters. The number of ether oxygens (including phenoxy) is 1. The van der Waals surface area contributed by atoms with Gasteiger partial charge in [0.05, 0.1) is 0 Å². The Morgan fingerprint density at radius 1 is 1.04 bits per heavy atom. The van der Waals surface area contributed by atoms with Crippen molar-refractivity contribution in [2.45, 2.75) is 45.6 Å². The molecular formula is C23H25NO3. The van der Waals surface area contributed by atoms with Crippen LogP contribution in [-0.2, 0) is 13.0 Å². The Morgan fingerprint density at radius 3 is 2.59 bits per heavy atom. The van der Waals surface area contributed by atoms with Crippen molar-refractivity contribution < 1.29 is 14.6 Å². The number of para-hydroxylation sites is 1. The van der Waals surface area contributed by atoms with Gasteiger partial charge in [-0.15, -0.1) is 0 Å². The van der Waals surface area contributed by atoms with Gasteiger partial charge in [0.1, 0.15) is 23.6 Å². The minimum absolute atomic E-state index is 0.0729. The first kappa shape index (κ1) is 18.9. The van der Waals surface area contributed by atoms with E-state index in [1.807, 2.05) is 48.5 Å². The van der Waals surface area contributed by atoms with Gasteiger partial charge in [0.25, 0.3) is 0 Å². The highest BCUT2D eigenvalue weighted by Crippen LogP contribution is 2.29. The van der Waals surface area contributed by atoms with Gasteiger partial charge in [-0.3, -0.25) is 0 Å². The molecule has 3 rings (SSSR count). The Labute approximate surface area is 159 Å². The number of aromatic nitrogens is 1. The number of unbranched alkanes of at least 4 members (excludes halogenated alkanes) is 3. The number of rotatable bonds is 9. The third-order valence-corrected chi connectivity index (χ3v) is 4.64. The lowest BCUT2D eigenvalue weighted by Gasteiger charge is -2.12. The molecule has 4 nitrogen and oxygen atoms in total. The minimum Gasteiger partial charge on any atom is -0.487 e. The van der Waals surface area contributed by atoms with Gasteiger partial charge in [-0.2, -0.15) is 0 Å². The Bertz CT molecular complexity index is 906.